The number of nitrogens with zero attached hydrogens (tertiary/aromatic N) is 2. The Balaban J connectivity index is 2.47. The van der Waals surface area contributed by atoms with Gasteiger partial charge in [-0.05, 0) is 48.5 Å². The lowest BCUT2D eigenvalue weighted by Gasteiger charge is -2.12. The third-order valence-corrected chi connectivity index (χ3v) is 3.14. The zero-order chi connectivity index (χ0) is 8.55. The van der Waals surface area contributed by atoms with Gasteiger partial charge in [0.15, 0.2) is 0 Å². The second-order valence-electron chi connectivity index (χ2n) is 3.24. The third kappa shape index (κ3) is 1.20. The summed E-state index contributed by atoms with van der Waals surface area (Å²) >= 11 is 3.51. The van der Waals surface area contributed by atoms with E-state index in [1.165, 1.54) is 36.9 Å². The maximum absolute atomic E-state index is 4.44. The first-order valence-electron chi connectivity index (χ1n) is 4.57. The van der Waals surface area contributed by atoms with E-state index in [4.69, 9.17) is 0 Å². The molecule has 0 atom stereocenters. The fraction of sp³-hybridized carbons (Fsp3) is 0.667. The Labute approximate surface area is 81.1 Å². The van der Waals surface area contributed by atoms with E-state index in [-0.39, 0.29) is 0 Å². The first kappa shape index (κ1) is 8.30. The molecule has 1 aromatic rings. The number of hydrogen-bond acceptors (Lipinski definition) is 1. The van der Waals surface area contributed by atoms with E-state index in [1.807, 2.05) is 0 Å². The molecule has 1 aromatic heterocycles. The maximum atomic E-state index is 4.44. The van der Waals surface area contributed by atoms with Crippen molar-refractivity contribution in [2.45, 2.75) is 39.2 Å². The highest BCUT2D eigenvalue weighted by Crippen LogP contribution is 2.27. The predicted octanol–water partition coefficient (Wildman–Crippen LogP) is 2.54. The van der Waals surface area contributed by atoms with Crippen LogP contribution in [0.2, 0.25) is 0 Å². The molecule has 0 fully saturated rings. The van der Waals surface area contributed by atoms with Crippen LogP contribution in [0.15, 0.2) is 4.60 Å². The van der Waals surface area contributed by atoms with E-state index in [0.29, 0.717) is 0 Å². The second kappa shape index (κ2) is 3.21. The van der Waals surface area contributed by atoms with Crippen molar-refractivity contribution in [3.8, 4) is 0 Å². The summed E-state index contributed by atoms with van der Waals surface area (Å²) in [6.45, 7) is 3.14. The summed E-state index contributed by atoms with van der Waals surface area (Å²) in [5.41, 5.74) is 2.90. The van der Waals surface area contributed by atoms with Gasteiger partial charge in [-0.2, -0.15) is 5.10 Å². The lowest BCUT2D eigenvalue weighted by molar-refractivity contribution is 0.581. The molecule has 0 spiro atoms. The van der Waals surface area contributed by atoms with E-state index in [1.54, 1.807) is 0 Å². The molecule has 1 aliphatic carbocycles. The molecule has 2 nitrogen and oxygen atoms in total. The van der Waals surface area contributed by atoms with Crippen LogP contribution in [0.25, 0.3) is 0 Å². The van der Waals surface area contributed by atoms with Crippen molar-refractivity contribution in [3.63, 3.8) is 0 Å². The minimum atomic E-state index is 0.994. The van der Waals surface area contributed by atoms with Gasteiger partial charge in [-0.15, -0.1) is 0 Å². The van der Waals surface area contributed by atoms with Crippen molar-refractivity contribution in [1.82, 2.24) is 9.78 Å². The molecule has 0 aromatic carbocycles. The summed E-state index contributed by atoms with van der Waals surface area (Å²) in [5.74, 6) is 0. The number of aromatic nitrogens is 2. The van der Waals surface area contributed by atoms with Gasteiger partial charge in [0.2, 0.25) is 0 Å². The highest BCUT2D eigenvalue weighted by molar-refractivity contribution is 9.10. The van der Waals surface area contributed by atoms with Gasteiger partial charge in [-0.1, -0.05) is 0 Å². The van der Waals surface area contributed by atoms with Crippen LogP contribution < -0.4 is 0 Å². The monoisotopic (exact) mass is 228 g/mol. The van der Waals surface area contributed by atoms with Gasteiger partial charge >= 0.3 is 0 Å². The standard InChI is InChI=1S/C9H13BrN2/c1-2-12-8-6-4-3-5-7(8)9(10)11-12/h2-6H2,1H3. The van der Waals surface area contributed by atoms with Gasteiger partial charge in [0, 0.05) is 17.8 Å². The smallest absolute Gasteiger partial charge is 0.131 e. The lowest BCUT2D eigenvalue weighted by Crippen LogP contribution is -2.07. The van der Waals surface area contributed by atoms with Crippen molar-refractivity contribution in [2.24, 2.45) is 0 Å². The number of rotatable bonds is 1. The molecular formula is C9H13BrN2. The van der Waals surface area contributed by atoms with Crippen LogP contribution in [-0.2, 0) is 19.4 Å². The van der Waals surface area contributed by atoms with Crippen LogP contribution in [-0.4, -0.2) is 9.78 Å². The van der Waals surface area contributed by atoms with Crippen molar-refractivity contribution >= 4 is 15.9 Å². The van der Waals surface area contributed by atoms with E-state index < -0.39 is 0 Å². The SMILES string of the molecule is CCn1nc(Br)c2c1CCCC2. The van der Waals surface area contributed by atoms with Gasteiger partial charge in [0.05, 0.1) is 0 Å². The number of halogens is 1. The van der Waals surface area contributed by atoms with Gasteiger partial charge in [-0.25, -0.2) is 0 Å². The van der Waals surface area contributed by atoms with Crippen molar-refractivity contribution in [1.29, 1.82) is 0 Å². The molecular weight excluding hydrogens is 216 g/mol. The summed E-state index contributed by atoms with van der Waals surface area (Å²) in [6.07, 6.45) is 5.06. The summed E-state index contributed by atoms with van der Waals surface area (Å²) < 4.78 is 3.19. The van der Waals surface area contributed by atoms with Crippen LogP contribution in [0.1, 0.15) is 31.0 Å². The fourth-order valence-corrected chi connectivity index (χ4v) is 2.50. The third-order valence-electron chi connectivity index (χ3n) is 2.51. The Morgan fingerprint density at radius 2 is 2.17 bits per heavy atom. The summed E-state index contributed by atoms with van der Waals surface area (Å²) in [5, 5.41) is 4.44. The Morgan fingerprint density at radius 3 is 2.92 bits per heavy atom. The summed E-state index contributed by atoms with van der Waals surface area (Å²) in [7, 11) is 0. The molecule has 0 unspecified atom stereocenters. The van der Waals surface area contributed by atoms with Crippen molar-refractivity contribution in [3.05, 3.63) is 15.9 Å². The molecule has 2 rings (SSSR count). The zero-order valence-electron chi connectivity index (χ0n) is 7.31. The molecule has 0 saturated heterocycles. The van der Waals surface area contributed by atoms with Gasteiger partial charge in [0.25, 0.3) is 0 Å². The van der Waals surface area contributed by atoms with E-state index in [9.17, 15) is 0 Å². The summed E-state index contributed by atoms with van der Waals surface area (Å²) in [6, 6.07) is 0. The van der Waals surface area contributed by atoms with E-state index in [0.717, 1.165) is 11.1 Å². The van der Waals surface area contributed by atoms with Gasteiger partial charge in [0.1, 0.15) is 4.60 Å². The first-order valence-corrected chi connectivity index (χ1v) is 5.36. The Morgan fingerprint density at radius 1 is 1.42 bits per heavy atom. The topological polar surface area (TPSA) is 17.8 Å². The second-order valence-corrected chi connectivity index (χ2v) is 3.99. The van der Waals surface area contributed by atoms with Crippen LogP contribution in [0.3, 0.4) is 0 Å². The first-order chi connectivity index (χ1) is 5.83. The average Bonchev–Trinajstić information content (AvgIpc) is 2.44. The molecule has 1 aliphatic rings. The zero-order valence-corrected chi connectivity index (χ0v) is 8.89. The maximum Gasteiger partial charge on any atom is 0.131 e. The largest absolute Gasteiger partial charge is 0.268 e. The quantitative estimate of drug-likeness (QED) is 0.723. The molecule has 12 heavy (non-hydrogen) atoms. The minimum absolute atomic E-state index is 0.994. The van der Waals surface area contributed by atoms with E-state index >= 15 is 0 Å². The Hall–Kier alpha value is -0.310. The molecule has 1 heterocycles. The predicted molar refractivity (Wildman–Crippen MR) is 52.2 cm³/mol. The number of fused-ring (bicyclic) bond motifs is 1. The Bertz CT molecular complexity index is 291. The van der Waals surface area contributed by atoms with Crippen LogP contribution >= 0.6 is 15.9 Å². The summed E-state index contributed by atoms with van der Waals surface area (Å²) in [4.78, 5) is 0. The molecule has 0 bridgehead atoms. The molecule has 66 valence electrons. The highest BCUT2D eigenvalue weighted by Gasteiger charge is 2.17. The molecule has 3 heteroatoms. The van der Waals surface area contributed by atoms with Crippen molar-refractivity contribution in [2.75, 3.05) is 0 Å². The number of hydrogen-bond donors (Lipinski definition) is 0. The van der Waals surface area contributed by atoms with Crippen LogP contribution in [0.5, 0.6) is 0 Å². The molecule has 0 aliphatic heterocycles. The lowest BCUT2D eigenvalue weighted by atomic mass is 9.98. The van der Waals surface area contributed by atoms with E-state index in [2.05, 4.69) is 32.6 Å². The molecule has 0 saturated carbocycles. The number of aryl methyl sites for hydroxylation is 1. The molecule has 0 radical (unpaired) electrons. The highest BCUT2D eigenvalue weighted by atomic mass is 79.9. The minimum Gasteiger partial charge on any atom is -0.268 e. The van der Waals surface area contributed by atoms with Gasteiger partial charge < -0.3 is 0 Å². The Kier molecular flexibility index (Phi) is 2.22. The van der Waals surface area contributed by atoms with Crippen molar-refractivity contribution < 1.29 is 0 Å². The fourth-order valence-electron chi connectivity index (χ4n) is 1.88. The normalized spacial score (nSPS) is 16.2. The van der Waals surface area contributed by atoms with Gasteiger partial charge in [-0.3, -0.25) is 4.68 Å². The molecule has 0 N–H and O–H groups in total. The van der Waals surface area contributed by atoms with Crippen LogP contribution in [0, 0.1) is 0 Å². The average molecular weight is 229 g/mol. The van der Waals surface area contributed by atoms with Crippen LogP contribution in [0.4, 0.5) is 0 Å². The molecule has 0 amide bonds.